The van der Waals surface area contributed by atoms with Crippen molar-refractivity contribution in [2.24, 2.45) is 0 Å². The summed E-state index contributed by atoms with van der Waals surface area (Å²) in [7, 11) is 3.71. The Bertz CT molecular complexity index is 604. The predicted octanol–water partition coefficient (Wildman–Crippen LogP) is 4.10. The number of benzene rings is 1. The third-order valence-corrected chi connectivity index (χ3v) is 5.07. The van der Waals surface area contributed by atoms with Gasteiger partial charge in [-0.1, -0.05) is 30.9 Å². The highest BCUT2D eigenvalue weighted by Gasteiger charge is 2.24. The van der Waals surface area contributed by atoms with Crippen molar-refractivity contribution >= 4 is 41.5 Å². The summed E-state index contributed by atoms with van der Waals surface area (Å²) >= 11 is 6.31. The summed E-state index contributed by atoms with van der Waals surface area (Å²) in [5, 5.41) is 6.21. The van der Waals surface area contributed by atoms with E-state index in [0.717, 1.165) is 25.8 Å². The van der Waals surface area contributed by atoms with E-state index in [1.165, 1.54) is 19.3 Å². The van der Waals surface area contributed by atoms with Crippen molar-refractivity contribution in [2.75, 3.05) is 26.0 Å². The van der Waals surface area contributed by atoms with Gasteiger partial charge in [0.25, 0.3) is 5.91 Å². The van der Waals surface area contributed by atoms with E-state index in [1.807, 2.05) is 19.0 Å². The number of hydrogen-bond donors (Lipinski definition) is 2. The first-order valence-electron chi connectivity index (χ1n) is 9.04. The van der Waals surface area contributed by atoms with Gasteiger partial charge in [0.1, 0.15) is 0 Å². The number of anilines is 1. The van der Waals surface area contributed by atoms with Crippen LogP contribution >= 0.6 is 24.0 Å². The quantitative estimate of drug-likeness (QED) is 0.675. The molecule has 1 aliphatic carbocycles. The first kappa shape index (κ1) is 22.7. The van der Waals surface area contributed by atoms with E-state index >= 15 is 0 Å². The summed E-state index contributed by atoms with van der Waals surface area (Å²) < 4.78 is 0. The van der Waals surface area contributed by atoms with Crippen LogP contribution in [0, 0.1) is 0 Å². The zero-order valence-electron chi connectivity index (χ0n) is 15.5. The van der Waals surface area contributed by atoms with E-state index in [0.29, 0.717) is 28.7 Å². The van der Waals surface area contributed by atoms with Crippen LogP contribution in [0.2, 0.25) is 5.02 Å². The Kier molecular flexibility index (Phi) is 9.99. The van der Waals surface area contributed by atoms with Gasteiger partial charge in [0.15, 0.2) is 0 Å². The van der Waals surface area contributed by atoms with Gasteiger partial charge in [-0.15, -0.1) is 12.4 Å². The molecule has 1 aromatic rings. The second kappa shape index (κ2) is 11.4. The van der Waals surface area contributed by atoms with Gasteiger partial charge in [0, 0.05) is 25.2 Å². The van der Waals surface area contributed by atoms with Gasteiger partial charge in [0.05, 0.1) is 10.6 Å². The first-order valence-corrected chi connectivity index (χ1v) is 9.42. The molecule has 0 aromatic heterocycles. The molecule has 0 heterocycles. The lowest BCUT2D eigenvalue weighted by molar-refractivity contribution is -0.116. The molecule has 0 saturated heterocycles. The number of nitrogens with zero attached hydrogens (tertiary/aromatic N) is 1. The topological polar surface area (TPSA) is 61.4 Å². The van der Waals surface area contributed by atoms with Crippen molar-refractivity contribution in [3.8, 4) is 0 Å². The molecular weight excluding hydrogens is 373 g/mol. The minimum Gasteiger partial charge on any atom is -0.339 e. The maximum atomic E-state index is 12.7. The molecule has 146 valence electrons. The predicted molar refractivity (Wildman–Crippen MR) is 109 cm³/mol. The number of rotatable bonds is 7. The molecule has 2 N–H and O–H groups in total. The van der Waals surface area contributed by atoms with Crippen LogP contribution < -0.4 is 10.6 Å². The van der Waals surface area contributed by atoms with Crippen molar-refractivity contribution in [3.63, 3.8) is 0 Å². The normalized spacial score (nSPS) is 14.4. The fourth-order valence-electron chi connectivity index (χ4n) is 3.24. The zero-order chi connectivity index (χ0) is 18.2. The van der Waals surface area contributed by atoms with E-state index in [4.69, 9.17) is 11.6 Å². The Labute approximate surface area is 167 Å². The Morgan fingerprint density at radius 3 is 2.54 bits per heavy atom. The smallest absolute Gasteiger partial charge is 0.255 e. The average molecular weight is 402 g/mol. The molecular formula is C19H29Cl2N3O2. The van der Waals surface area contributed by atoms with Crippen molar-refractivity contribution in [1.29, 1.82) is 0 Å². The number of halogens is 2. The fourth-order valence-corrected chi connectivity index (χ4v) is 3.50. The summed E-state index contributed by atoms with van der Waals surface area (Å²) in [5.41, 5.74) is 1.11. The number of nitrogens with one attached hydrogen (secondary N) is 2. The van der Waals surface area contributed by atoms with Crippen molar-refractivity contribution in [3.05, 3.63) is 28.8 Å². The molecule has 26 heavy (non-hydrogen) atoms. The van der Waals surface area contributed by atoms with E-state index < -0.39 is 0 Å². The Balaban J connectivity index is 0.00000338. The van der Waals surface area contributed by atoms with Crippen molar-refractivity contribution in [1.82, 2.24) is 10.2 Å². The molecule has 0 radical (unpaired) electrons. The van der Waals surface area contributed by atoms with Crippen LogP contribution in [0.25, 0.3) is 0 Å². The van der Waals surface area contributed by atoms with Crippen LogP contribution in [0.3, 0.4) is 0 Å². The van der Waals surface area contributed by atoms with Crippen LogP contribution in [-0.2, 0) is 4.79 Å². The molecule has 1 aliphatic rings. The van der Waals surface area contributed by atoms with Gasteiger partial charge >= 0.3 is 0 Å². The zero-order valence-corrected chi connectivity index (χ0v) is 17.1. The van der Waals surface area contributed by atoms with Crippen molar-refractivity contribution < 1.29 is 9.59 Å². The van der Waals surface area contributed by atoms with E-state index in [9.17, 15) is 9.59 Å². The molecule has 1 saturated carbocycles. The largest absolute Gasteiger partial charge is 0.339 e. The average Bonchev–Trinajstić information content (AvgIpc) is 2.61. The van der Waals surface area contributed by atoms with Crippen LogP contribution in [0.1, 0.15) is 55.3 Å². The summed E-state index contributed by atoms with van der Waals surface area (Å²) in [6, 6.07) is 5.39. The Hall–Kier alpha value is -1.30. The molecule has 0 spiro atoms. The van der Waals surface area contributed by atoms with Crippen LogP contribution in [-0.4, -0.2) is 43.4 Å². The summed E-state index contributed by atoms with van der Waals surface area (Å²) in [4.78, 5) is 26.4. The summed E-state index contributed by atoms with van der Waals surface area (Å²) in [6.45, 7) is 0.801. The lowest BCUT2D eigenvalue weighted by Gasteiger charge is -2.31. The molecule has 1 fully saturated rings. The van der Waals surface area contributed by atoms with Gasteiger partial charge in [-0.05, 0) is 51.1 Å². The monoisotopic (exact) mass is 401 g/mol. The first-order chi connectivity index (χ1) is 12.0. The van der Waals surface area contributed by atoms with E-state index in [2.05, 4.69) is 10.6 Å². The third kappa shape index (κ3) is 6.45. The third-order valence-electron chi connectivity index (χ3n) is 4.76. The standard InChI is InChI=1S/C19H28ClN3O2.ClH/c1-21-12-6-9-18(24)22-14-10-11-16(17(20)13-14)19(25)23(2)15-7-4-3-5-8-15;/h10-11,13,15,21H,3-9,12H2,1-2H3,(H,22,24);1H. The summed E-state index contributed by atoms with van der Waals surface area (Å²) in [5.74, 6) is -0.103. The highest BCUT2D eigenvalue weighted by atomic mass is 35.5. The maximum absolute atomic E-state index is 12.7. The number of amides is 2. The highest BCUT2D eigenvalue weighted by molar-refractivity contribution is 6.34. The van der Waals surface area contributed by atoms with E-state index in [1.54, 1.807) is 18.2 Å². The highest BCUT2D eigenvalue weighted by Crippen LogP contribution is 2.26. The minimum absolute atomic E-state index is 0. The minimum atomic E-state index is -0.0520. The second-order valence-corrected chi connectivity index (χ2v) is 7.07. The van der Waals surface area contributed by atoms with Gasteiger partial charge in [-0.3, -0.25) is 9.59 Å². The molecule has 7 heteroatoms. The molecule has 5 nitrogen and oxygen atoms in total. The lowest BCUT2D eigenvalue weighted by Crippen LogP contribution is -2.38. The number of carbonyl (C=O) groups is 2. The molecule has 0 unspecified atom stereocenters. The Morgan fingerprint density at radius 2 is 1.92 bits per heavy atom. The molecule has 0 aliphatic heterocycles. The fraction of sp³-hybridized carbons (Fsp3) is 0.579. The number of hydrogen-bond acceptors (Lipinski definition) is 3. The van der Waals surface area contributed by atoms with Crippen LogP contribution in [0.5, 0.6) is 0 Å². The number of carbonyl (C=O) groups excluding carboxylic acids is 2. The van der Waals surface area contributed by atoms with Gasteiger partial charge in [-0.2, -0.15) is 0 Å². The molecule has 1 aromatic carbocycles. The molecule has 2 amide bonds. The SMILES string of the molecule is CNCCCC(=O)Nc1ccc(C(=O)N(C)C2CCCCC2)c(Cl)c1.Cl. The Morgan fingerprint density at radius 1 is 1.23 bits per heavy atom. The van der Waals surface area contributed by atoms with Gasteiger partial charge in [0.2, 0.25) is 5.91 Å². The molecule has 2 rings (SSSR count). The lowest BCUT2D eigenvalue weighted by atomic mass is 9.94. The van der Waals surface area contributed by atoms with Crippen LogP contribution in [0.15, 0.2) is 18.2 Å². The van der Waals surface area contributed by atoms with Crippen LogP contribution in [0.4, 0.5) is 5.69 Å². The summed E-state index contributed by atoms with van der Waals surface area (Å²) in [6.07, 6.45) is 6.94. The van der Waals surface area contributed by atoms with Gasteiger partial charge < -0.3 is 15.5 Å². The van der Waals surface area contributed by atoms with Crippen molar-refractivity contribution in [2.45, 2.75) is 51.0 Å². The maximum Gasteiger partial charge on any atom is 0.255 e. The molecule has 0 bridgehead atoms. The van der Waals surface area contributed by atoms with E-state index in [-0.39, 0.29) is 24.2 Å². The van der Waals surface area contributed by atoms with Gasteiger partial charge in [-0.25, -0.2) is 0 Å². The molecule has 0 atom stereocenters. The second-order valence-electron chi connectivity index (χ2n) is 6.66.